The average Bonchev–Trinajstić information content (AvgIpc) is 2.39. The van der Waals surface area contributed by atoms with Crippen LogP contribution in [0.15, 0.2) is 18.2 Å². The summed E-state index contributed by atoms with van der Waals surface area (Å²) in [6, 6.07) is 5.04. The predicted molar refractivity (Wildman–Crippen MR) is 70.9 cm³/mol. The third-order valence-corrected chi connectivity index (χ3v) is 2.60. The lowest BCUT2D eigenvalue weighted by Gasteiger charge is -2.16. The predicted octanol–water partition coefficient (Wildman–Crippen LogP) is 2.06. The summed E-state index contributed by atoms with van der Waals surface area (Å²) in [7, 11) is 1.72. The van der Waals surface area contributed by atoms with E-state index < -0.39 is 0 Å². The Morgan fingerprint density at radius 1 is 1.44 bits per heavy atom. The van der Waals surface area contributed by atoms with E-state index in [9.17, 15) is 9.90 Å². The molecule has 0 spiro atoms. The molecule has 0 aromatic heterocycles. The second kappa shape index (κ2) is 6.86. The summed E-state index contributed by atoms with van der Waals surface area (Å²) in [5.41, 5.74) is 1.31. The number of rotatable bonds is 5. The van der Waals surface area contributed by atoms with Gasteiger partial charge in [-0.25, -0.2) is 4.79 Å². The highest BCUT2D eigenvalue weighted by Gasteiger charge is 2.09. The molecule has 2 amide bonds. The first-order valence-corrected chi connectivity index (χ1v) is 6.01. The van der Waals surface area contributed by atoms with Gasteiger partial charge in [0.05, 0.1) is 13.2 Å². The molecule has 0 saturated carbocycles. The van der Waals surface area contributed by atoms with Crippen molar-refractivity contribution in [3.63, 3.8) is 0 Å². The van der Waals surface area contributed by atoms with E-state index in [0.29, 0.717) is 30.2 Å². The fourth-order valence-electron chi connectivity index (χ4n) is 1.44. The standard InChI is InChI=1S/C13H20N2O3/c1-4-15(3)13(17)14-11-6-7-12(18-5-2)10(8-11)9-16/h6-8,16H,4-5,9H2,1-3H3,(H,14,17). The lowest BCUT2D eigenvalue weighted by molar-refractivity contribution is 0.224. The van der Waals surface area contributed by atoms with Crippen LogP contribution in [-0.4, -0.2) is 36.2 Å². The normalized spacial score (nSPS) is 10.0. The summed E-state index contributed by atoms with van der Waals surface area (Å²) >= 11 is 0. The Kier molecular flexibility index (Phi) is 5.45. The summed E-state index contributed by atoms with van der Waals surface area (Å²) in [5.74, 6) is 0.641. The van der Waals surface area contributed by atoms with E-state index in [1.165, 1.54) is 0 Å². The quantitative estimate of drug-likeness (QED) is 0.843. The van der Waals surface area contributed by atoms with Crippen LogP contribution in [-0.2, 0) is 6.61 Å². The van der Waals surface area contributed by atoms with Gasteiger partial charge in [0, 0.05) is 24.8 Å². The molecular formula is C13H20N2O3. The fourth-order valence-corrected chi connectivity index (χ4v) is 1.44. The molecule has 5 heteroatoms. The zero-order valence-electron chi connectivity index (χ0n) is 11.1. The molecule has 1 aromatic rings. The number of benzene rings is 1. The number of aliphatic hydroxyl groups is 1. The minimum atomic E-state index is -0.175. The van der Waals surface area contributed by atoms with Crippen LogP contribution in [0.25, 0.3) is 0 Å². The van der Waals surface area contributed by atoms with Gasteiger partial charge in [-0.05, 0) is 32.0 Å². The largest absolute Gasteiger partial charge is 0.494 e. The summed E-state index contributed by atoms with van der Waals surface area (Å²) in [4.78, 5) is 13.2. The van der Waals surface area contributed by atoms with Crippen molar-refractivity contribution in [2.24, 2.45) is 0 Å². The highest BCUT2D eigenvalue weighted by molar-refractivity contribution is 5.89. The maximum absolute atomic E-state index is 11.7. The fraction of sp³-hybridized carbons (Fsp3) is 0.462. The van der Waals surface area contributed by atoms with E-state index in [1.54, 1.807) is 30.1 Å². The number of nitrogens with one attached hydrogen (secondary N) is 1. The van der Waals surface area contributed by atoms with Crippen molar-refractivity contribution in [2.45, 2.75) is 20.5 Å². The number of aliphatic hydroxyl groups excluding tert-OH is 1. The van der Waals surface area contributed by atoms with Gasteiger partial charge in [-0.3, -0.25) is 0 Å². The van der Waals surface area contributed by atoms with Gasteiger partial charge in [-0.15, -0.1) is 0 Å². The number of carbonyl (C=O) groups is 1. The Morgan fingerprint density at radius 2 is 2.17 bits per heavy atom. The molecule has 2 N–H and O–H groups in total. The van der Waals surface area contributed by atoms with Crippen LogP contribution >= 0.6 is 0 Å². The van der Waals surface area contributed by atoms with E-state index in [2.05, 4.69) is 5.32 Å². The van der Waals surface area contributed by atoms with Gasteiger partial charge in [-0.1, -0.05) is 0 Å². The first-order valence-electron chi connectivity index (χ1n) is 6.01. The summed E-state index contributed by atoms with van der Waals surface area (Å²) in [5, 5.41) is 12.0. The van der Waals surface area contributed by atoms with Crippen LogP contribution in [0, 0.1) is 0 Å². The Morgan fingerprint density at radius 3 is 2.72 bits per heavy atom. The highest BCUT2D eigenvalue weighted by Crippen LogP contribution is 2.23. The van der Waals surface area contributed by atoms with Gasteiger partial charge in [-0.2, -0.15) is 0 Å². The van der Waals surface area contributed by atoms with Crippen LogP contribution in [0.1, 0.15) is 19.4 Å². The van der Waals surface area contributed by atoms with Crippen molar-refractivity contribution in [3.8, 4) is 5.75 Å². The van der Waals surface area contributed by atoms with E-state index >= 15 is 0 Å². The minimum absolute atomic E-state index is 0.122. The maximum Gasteiger partial charge on any atom is 0.321 e. The smallest absolute Gasteiger partial charge is 0.321 e. The minimum Gasteiger partial charge on any atom is -0.494 e. The monoisotopic (exact) mass is 252 g/mol. The average molecular weight is 252 g/mol. The van der Waals surface area contributed by atoms with E-state index in [0.717, 1.165) is 0 Å². The SMILES string of the molecule is CCOc1ccc(NC(=O)N(C)CC)cc1CO. The molecule has 1 rings (SSSR count). The maximum atomic E-state index is 11.7. The molecule has 0 aliphatic heterocycles. The Bertz CT molecular complexity index is 407. The molecule has 0 radical (unpaired) electrons. The lowest BCUT2D eigenvalue weighted by atomic mass is 10.2. The molecule has 100 valence electrons. The Balaban J connectivity index is 2.82. The molecule has 0 aliphatic carbocycles. The van der Waals surface area contributed by atoms with Crippen molar-refractivity contribution in [2.75, 3.05) is 25.5 Å². The van der Waals surface area contributed by atoms with Gasteiger partial charge in [0.15, 0.2) is 0 Å². The molecule has 0 atom stereocenters. The summed E-state index contributed by atoms with van der Waals surface area (Å²) in [6.07, 6.45) is 0. The number of hydrogen-bond donors (Lipinski definition) is 2. The van der Waals surface area contributed by atoms with Gasteiger partial charge in [0.25, 0.3) is 0 Å². The van der Waals surface area contributed by atoms with Crippen molar-refractivity contribution < 1.29 is 14.6 Å². The number of nitrogens with zero attached hydrogens (tertiary/aromatic N) is 1. The van der Waals surface area contributed by atoms with Gasteiger partial charge in [0.2, 0.25) is 0 Å². The van der Waals surface area contributed by atoms with Crippen LogP contribution < -0.4 is 10.1 Å². The number of amides is 2. The Hall–Kier alpha value is -1.75. The van der Waals surface area contributed by atoms with E-state index in [-0.39, 0.29) is 12.6 Å². The molecule has 1 aromatic carbocycles. The third-order valence-electron chi connectivity index (χ3n) is 2.60. The number of urea groups is 1. The van der Waals surface area contributed by atoms with Crippen molar-refractivity contribution in [1.82, 2.24) is 4.90 Å². The highest BCUT2D eigenvalue weighted by atomic mass is 16.5. The van der Waals surface area contributed by atoms with Crippen LogP contribution in [0.3, 0.4) is 0 Å². The van der Waals surface area contributed by atoms with Gasteiger partial charge in [0.1, 0.15) is 5.75 Å². The summed E-state index contributed by atoms with van der Waals surface area (Å²) < 4.78 is 5.37. The number of ether oxygens (including phenoxy) is 1. The van der Waals surface area contributed by atoms with Crippen molar-refractivity contribution >= 4 is 11.7 Å². The van der Waals surface area contributed by atoms with Crippen LogP contribution in [0.5, 0.6) is 5.75 Å². The first-order chi connectivity index (χ1) is 8.62. The second-order valence-corrected chi connectivity index (χ2v) is 3.86. The Labute approximate surface area is 107 Å². The van der Waals surface area contributed by atoms with Crippen LogP contribution in [0.4, 0.5) is 10.5 Å². The zero-order chi connectivity index (χ0) is 13.5. The van der Waals surface area contributed by atoms with Gasteiger partial charge < -0.3 is 20.1 Å². The summed E-state index contributed by atoms with van der Waals surface area (Å²) in [6.45, 7) is 4.83. The zero-order valence-corrected chi connectivity index (χ0v) is 11.1. The van der Waals surface area contributed by atoms with Crippen molar-refractivity contribution in [1.29, 1.82) is 0 Å². The molecular weight excluding hydrogens is 232 g/mol. The van der Waals surface area contributed by atoms with Gasteiger partial charge >= 0.3 is 6.03 Å². The second-order valence-electron chi connectivity index (χ2n) is 3.86. The number of anilines is 1. The molecule has 0 heterocycles. The number of hydrogen-bond acceptors (Lipinski definition) is 3. The molecule has 0 bridgehead atoms. The van der Waals surface area contributed by atoms with Crippen molar-refractivity contribution in [3.05, 3.63) is 23.8 Å². The lowest BCUT2D eigenvalue weighted by Crippen LogP contribution is -2.30. The molecule has 0 unspecified atom stereocenters. The molecule has 0 saturated heterocycles. The van der Waals surface area contributed by atoms with E-state index in [4.69, 9.17) is 4.74 Å². The topological polar surface area (TPSA) is 61.8 Å². The first kappa shape index (κ1) is 14.3. The third kappa shape index (κ3) is 3.63. The number of carbonyl (C=O) groups excluding carboxylic acids is 1. The van der Waals surface area contributed by atoms with E-state index in [1.807, 2.05) is 13.8 Å². The molecule has 18 heavy (non-hydrogen) atoms. The molecule has 5 nitrogen and oxygen atoms in total. The molecule has 0 aliphatic rings. The molecule has 0 fully saturated rings. The van der Waals surface area contributed by atoms with Crippen LogP contribution in [0.2, 0.25) is 0 Å².